The summed E-state index contributed by atoms with van der Waals surface area (Å²) in [5, 5.41) is 19.6. The molecule has 0 heterocycles. The maximum atomic E-state index is 10.7. The van der Waals surface area contributed by atoms with E-state index < -0.39 is 4.92 Å². The standard InChI is InChI=1S/C16H14N2O3/c17-12-14-11-15(8-9-16(14)18(19)20)21-10-4-7-13-5-2-1-3-6-13/h1-3,5-6,8-9,11H,4,7,10H2. The van der Waals surface area contributed by atoms with Gasteiger partial charge >= 0.3 is 0 Å². The zero-order valence-corrected chi connectivity index (χ0v) is 11.4. The van der Waals surface area contributed by atoms with Gasteiger partial charge < -0.3 is 4.74 Å². The van der Waals surface area contributed by atoms with Crippen molar-refractivity contribution in [2.75, 3.05) is 6.61 Å². The van der Waals surface area contributed by atoms with Gasteiger partial charge in [-0.15, -0.1) is 0 Å². The lowest BCUT2D eigenvalue weighted by molar-refractivity contribution is -0.385. The largest absolute Gasteiger partial charge is 0.494 e. The van der Waals surface area contributed by atoms with Crippen molar-refractivity contribution in [2.24, 2.45) is 0 Å². The van der Waals surface area contributed by atoms with Crippen molar-refractivity contribution >= 4 is 5.69 Å². The number of nitriles is 1. The highest BCUT2D eigenvalue weighted by Gasteiger charge is 2.13. The fourth-order valence-corrected chi connectivity index (χ4v) is 1.96. The van der Waals surface area contributed by atoms with Crippen molar-refractivity contribution in [3.63, 3.8) is 0 Å². The third-order valence-electron chi connectivity index (χ3n) is 3.01. The first-order chi connectivity index (χ1) is 10.2. The van der Waals surface area contributed by atoms with Crippen molar-refractivity contribution < 1.29 is 9.66 Å². The second-order valence-corrected chi connectivity index (χ2v) is 4.49. The summed E-state index contributed by atoms with van der Waals surface area (Å²) in [6, 6.07) is 16.1. The van der Waals surface area contributed by atoms with Crippen LogP contribution in [0.5, 0.6) is 5.75 Å². The molecule has 21 heavy (non-hydrogen) atoms. The predicted octanol–water partition coefficient (Wildman–Crippen LogP) is 3.48. The van der Waals surface area contributed by atoms with Crippen molar-refractivity contribution in [2.45, 2.75) is 12.8 Å². The third-order valence-corrected chi connectivity index (χ3v) is 3.01. The van der Waals surface area contributed by atoms with E-state index in [9.17, 15) is 10.1 Å². The van der Waals surface area contributed by atoms with Crippen LogP contribution < -0.4 is 4.74 Å². The maximum absolute atomic E-state index is 10.7. The highest BCUT2D eigenvalue weighted by Crippen LogP contribution is 2.23. The van der Waals surface area contributed by atoms with Gasteiger partial charge in [-0.2, -0.15) is 5.26 Å². The van der Waals surface area contributed by atoms with Gasteiger partial charge in [0.1, 0.15) is 17.4 Å². The van der Waals surface area contributed by atoms with E-state index >= 15 is 0 Å². The molecule has 2 rings (SSSR count). The topological polar surface area (TPSA) is 76.2 Å². The van der Waals surface area contributed by atoms with Gasteiger partial charge in [0, 0.05) is 12.1 Å². The SMILES string of the molecule is N#Cc1cc(OCCCc2ccccc2)ccc1[N+](=O)[O-]. The molecule has 0 radical (unpaired) electrons. The Morgan fingerprint density at radius 1 is 1.19 bits per heavy atom. The van der Waals surface area contributed by atoms with Gasteiger partial charge in [0.15, 0.2) is 0 Å². The lowest BCUT2D eigenvalue weighted by atomic mass is 10.1. The molecule has 0 spiro atoms. The van der Waals surface area contributed by atoms with E-state index in [1.807, 2.05) is 24.3 Å². The van der Waals surface area contributed by atoms with Gasteiger partial charge in [0.25, 0.3) is 5.69 Å². The van der Waals surface area contributed by atoms with Crippen LogP contribution in [0, 0.1) is 21.4 Å². The Balaban J connectivity index is 1.89. The zero-order valence-electron chi connectivity index (χ0n) is 11.4. The molecule has 0 atom stereocenters. The molecule has 5 nitrogen and oxygen atoms in total. The Hall–Kier alpha value is -2.87. The van der Waals surface area contributed by atoms with Crippen LogP contribution in [0.15, 0.2) is 48.5 Å². The molecule has 0 aromatic heterocycles. The number of nitrogens with zero attached hydrogens (tertiary/aromatic N) is 2. The molecule has 0 saturated carbocycles. The molecule has 0 unspecified atom stereocenters. The lowest BCUT2D eigenvalue weighted by Gasteiger charge is -2.06. The van der Waals surface area contributed by atoms with Crippen LogP contribution in [0.25, 0.3) is 0 Å². The van der Waals surface area contributed by atoms with Crippen LogP contribution in [-0.4, -0.2) is 11.5 Å². The number of rotatable bonds is 6. The minimum atomic E-state index is -0.572. The molecule has 106 valence electrons. The monoisotopic (exact) mass is 282 g/mol. The zero-order chi connectivity index (χ0) is 15.1. The highest BCUT2D eigenvalue weighted by molar-refractivity contribution is 5.52. The second-order valence-electron chi connectivity index (χ2n) is 4.49. The van der Waals surface area contributed by atoms with Gasteiger partial charge in [0.2, 0.25) is 0 Å². The van der Waals surface area contributed by atoms with Gasteiger partial charge in [0.05, 0.1) is 11.5 Å². The molecule has 0 fully saturated rings. The molecule has 0 aliphatic carbocycles. The van der Waals surface area contributed by atoms with Crippen molar-refractivity contribution in [1.82, 2.24) is 0 Å². The predicted molar refractivity (Wildman–Crippen MR) is 78.1 cm³/mol. The molecule has 0 aliphatic heterocycles. The van der Waals surface area contributed by atoms with E-state index in [1.165, 1.54) is 23.8 Å². The third kappa shape index (κ3) is 4.05. The van der Waals surface area contributed by atoms with E-state index in [0.717, 1.165) is 12.8 Å². The molecule has 0 N–H and O–H groups in total. The molecule has 0 amide bonds. The van der Waals surface area contributed by atoms with Crippen LogP contribution in [0.2, 0.25) is 0 Å². The van der Waals surface area contributed by atoms with Crippen LogP contribution >= 0.6 is 0 Å². The summed E-state index contributed by atoms with van der Waals surface area (Å²) in [6.07, 6.45) is 1.74. The quantitative estimate of drug-likeness (QED) is 0.461. The van der Waals surface area contributed by atoms with E-state index in [0.29, 0.717) is 12.4 Å². The Morgan fingerprint density at radius 3 is 2.62 bits per heavy atom. The van der Waals surface area contributed by atoms with Crippen molar-refractivity contribution in [3.05, 3.63) is 69.8 Å². The summed E-state index contributed by atoms with van der Waals surface area (Å²) in [7, 11) is 0. The fraction of sp³-hybridized carbons (Fsp3) is 0.188. The van der Waals surface area contributed by atoms with Gasteiger partial charge in [-0.05, 0) is 24.5 Å². The smallest absolute Gasteiger partial charge is 0.287 e. The lowest BCUT2D eigenvalue weighted by Crippen LogP contribution is -2.00. The molecule has 2 aromatic rings. The number of aryl methyl sites for hydroxylation is 1. The molecule has 2 aromatic carbocycles. The van der Waals surface area contributed by atoms with E-state index in [-0.39, 0.29) is 11.3 Å². The second kappa shape index (κ2) is 7.06. The summed E-state index contributed by atoms with van der Waals surface area (Å²) in [6.45, 7) is 0.498. The Bertz CT molecular complexity index is 663. The minimum Gasteiger partial charge on any atom is -0.494 e. The number of nitro benzene ring substituents is 1. The maximum Gasteiger partial charge on any atom is 0.287 e. The van der Waals surface area contributed by atoms with Crippen LogP contribution in [0.1, 0.15) is 17.5 Å². The van der Waals surface area contributed by atoms with E-state index in [4.69, 9.17) is 10.00 Å². The van der Waals surface area contributed by atoms with Crippen LogP contribution in [0.4, 0.5) is 5.69 Å². The van der Waals surface area contributed by atoms with E-state index in [2.05, 4.69) is 12.1 Å². The van der Waals surface area contributed by atoms with Crippen molar-refractivity contribution in [1.29, 1.82) is 5.26 Å². The summed E-state index contributed by atoms with van der Waals surface area (Å²) < 4.78 is 5.53. The van der Waals surface area contributed by atoms with Gasteiger partial charge in [-0.3, -0.25) is 10.1 Å². The number of nitro groups is 1. The van der Waals surface area contributed by atoms with Crippen LogP contribution in [-0.2, 0) is 6.42 Å². The number of hydrogen-bond donors (Lipinski definition) is 0. The first-order valence-corrected chi connectivity index (χ1v) is 6.56. The number of ether oxygens (including phenoxy) is 1. The molecule has 0 saturated heterocycles. The average Bonchev–Trinajstić information content (AvgIpc) is 2.52. The van der Waals surface area contributed by atoms with Crippen molar-refractivity contribution in [3.8, 4) is 11.8 Å². The highest BCUT2D eigenvalue weighted by atomic mass is 16.6. The molecular formula is C16H14N2O3. The average molecular weight is 282 g/mol. The van der Waals surface area contributed by atoms with E-state index in [1.54, 1.807) is 0 Å². The van der Waals surface area contributed by atoms with Gasteiger partial charge in [-0.1, -0.05) is 30.3 Å². The summed E-state index contributed by atoms with van der Waals surface area (Å²) in [5.41, 5.74) is 1.05. The summed E-state index contributed by atoms with van der Waals surface area (Å²) in [5.74, 6) is 0.477. The Labute approximate surface area is 122 Å². The first-order valence-electron chi connectivity index (χ1n) is 6.56. The number of benzene rings is 2. The minimum absolute atomic E-state index is 0.0144. The molecule has 0 aliphatic rings. The molecule has 0 bridgehead atoms. The molecular weight excluding hydrogens is 268 g/mol. The first kappa shape index (κ1) is 14.5. The van der Waals surface area contributed by atoms with Crippen LogP contribution in [0.3, 0.4) is 0 Å². The summed E-state index contributed by atoms with van der Waals surface area (Å²) >= 11 is 0. The Kier molecular flexibility index (Phi) is 4.89. The normalized spacial score (nSPS) is 9.86. The molecule has 5 heteroatoms. The Morgan fingerprint density at radius 2 is 1.95 bits per heavy atom. The van der Waals surface area contributed by atoms with Gasteiger partial charge in [-0.25, -0.2) is 0 Å². The fourth-order valence-electron chi connectivity index (χ4n) is 1.96. The number of hydrogen-bond acceptors (Lipinski definition) is 4. The summed E-state index contributed by atoms with van der Waals surface area (Å²) in [4.78, 5) is 10.2.